The molecule has 19 heavy (non-hydrogen) atoms. The van der Waals surface area contributed by atoms with Gasteiger partial charge < -0.3 is 16.8 Å². The zero-order chi connectivity index (χ0) is 13.8. The molecule has 2 aromatic rings. The fourth-order valence-corrected chi connectivity index (χ4v) is 2.72. The summed E-state index contributed by atoms with van der Waals surface area (Å²) in [5.41, 5.74) is 12.7. The van der Waals surface area contributed by atoms with E-state index in [1.807, 2.05) is 6.07 Å². The van der Waals surface area contributed by atoms with Crippen molar-refractivity contribution in [3.63, 3.8) is 0 Å². The van der Waals surface area contributed by atoms with Gasteiger partial charge in [0.15, 0.2) is 0 Å². The van der Waals surface area contributed by atoms with Crippen LogP contribution in [0.25, 0.3) is 0 Å². The van der Waals surface area contributed by atoms with Gasteiger partial charge in [0.25, 0.3) is 5.91 Å². The number of benzene rings is 1. The van der Waals surface area contributed by atoms with E-state index in [4.69, 9.17) is 11.5 Å². The van der Waals surface area contributed by atoms with Crippen molar-refractivity contribution in [1.82, 2.24) is 0 Å². The van der Waals surface area contributed by atoms with Crippen LogP contribution in [-0.4, -0.2) is 5.91 Å². The fraction of sp³-hybridized carbons (Fsp3) is 0.214. The number of nitrogens with two attached hydrogens (primary N) is 2. The highest BCUT2D eigenvalue weighted by Gasteiger charge is 2.09. The van der Waals surface area contributed by atoms with Crippen molar-refractivity contribution in [1.29, 1.82) is 0 Å². The molecule has 1 heterocycles. The number of rotatable bonds is 5. The van der Waals surface area contributed by atoms with Crippen molar-refractivity contribution in [3.8, 4) is 0 Å². The van der Waals surface area contributed by atoms with Crippen LogP contribution < -0.4 is 16.8 Å². The maximum Gasteiger partial charge on any atom is 0.250 e. The summed E-state index contributed by atoms with van der Waals surface area (Å²) in [5.74, 6) is -0.509. The lowest BCUT2D eigenvalue weighted by atomic mass is 10.1. The van der Waals surface area contributed by atoms with Gasteiger partial charge in [0, 0.05) is 16.3 Å². The maximum absolute atomic E-state index is 11.2. The standard InChI is InChI=1S/C14H17N3OS/c1-2-9-6-7-10(19-9)8-17-12-5-3-4-11(13(12)15)14(16)18/h3-7,17H,2,8,15H2,1H3,(H2,16,18). The van der Waals surface area contributed by atoms with Gasteiger partial charge in [-0.05, 0) is 30.7 Å². The minimum atomic E-state index is -0.509. The van der Waals surface area contributed by atoms with Gasteiger partial charge in [-0.3, -0.25) is 4.79 Å². The molecule has 0 aliphatic rings. The maximum atomic E-state index is 11.2. The molecule has 2 rings (SSSR count). The van der Waals surface area contributed by atoms with E-state index < -0.39 is 5.91 Å². The molecule has 0 aliphatic heterocycles. The third-order valence-corrected chi connectivity index (χ3v) is 4.12. The number of primary amides is 1. The summed E-state index contributed by atoms with van der Waals surface area (Å²) in [5, 5.41) is 3.24. The van der Waals surface area contributed by atoms with Gasteiger partial charge in [0.2, 0.25) is 0 Å². The molecule has 0 unspecified atom stereocenters. The predicted molar refractivity (Wildman–Crippen MR) is 80.4 cm³/mol. The normalized spacial score (nSPS) is 10.4. The second-order valence-electron chi connectivity index (χ2n) is 4.21. The third-order valence-electron chi connectivity index (χ3n) is 2.89. The largest absolute Gasteiger partial charge is 0.396 e. The zero-order valence-corrected chi connectivity index (χ0v) is 11.6. The first-order valence-corrected chi connectivity index (χ1v) is 6.93. The zero-order valence-electron chi connectivity index (χ0n) is 10.8. The van der Waals surface area contributed by atoms with Crippen LogP contribution in [0.4, 0.5) is 11.4 Å². The molecule has 100 valence electrons. The number of hydrogen-bond acceptors (Lipinski definition) is 4. The molecule has 1 amide bonds. The van der Waals surface area contributed by atoms with Crippen molar-refractivity contribution in [2.45, 2.75) is 19.9 Å². The molecule has 5 N–H and O–H groups in total. The quantitative estimate of drug-likeness (QED) is 0.734. The third kappa shape index (κ3) is 3.06. The van der Waals surface area contributed by atoms with Crippen molar-refractivity contribution in [2.75, 3.05) is 11.1 Å². The van der Waals surface area contributed by atoms with E-state index in [9.17, 15) is 4.79 Å². The van der Waals surface area contributed by atoms with E-state index >= 15 is 0 Å². The molecule has 0 bridgehead atoms. The molecule has 0 saturated heterocycles. The molecular formula is C14H17N3OS. The molecule has 0 radical (unpaired) electrons. The van der Waals surface area contributed by atoms with Gasteiger partial charge >= 0.3 is 0 Å². The van der Waals surface area contributed by atoms with Gasteiger partial charge in [-0.25, -0.2) is 0 Å². The smallest absolute Gasteiger partial charge is 0.250 e. The summed E-state index contributed by atoms with van der Waals surface area (Å²) in [7, 11) is 0. The van der Waals surface area contributed by atoms with Crippen molar-refractivity contribution < 1.29 is 4.79 Å². The Hall–Kier alpha value is -2.01. The Morgan fingerprint density at radius 3 is 2.63 bits per heavy atom. The highest BCUT2D eigenvalue weighted by molar-refractivity contribution is 7.12. The predicted octanol–water partition coefficient (Wildman–Crippen LogP) is 2.60. The van der Waals surface area contributed by atoms with E-state index in [1.165, 1.54) is 9.75 Å². The van der Waals surface area contributed by atoms with E-state index in [1.54, 1.807) is 23.5 Å². The highest BCUT2D eigenvalue weighted by Crippen LogP contribution is 2.24. The molecule has 0 spiro atoms. The summed E-state index contributed by atoms with van der Waals surface area (Å²) >= 11 is 1.77. The van der Waals surface area contributed by atoms with Crippen LogP contribution >= 0.6 is 11.3 Å². The van der Waals surface area contributed by atoms with E-state index in [0.717, 1.165) is 12.1 Å². The number of nitrogens with one attached hydrogen (secondary N) is 1. The first kappa shape index (κ1) is 13.4. The lowest BCUT2D eigenvalue weighted by Crippen LogP contribution is -2.14. The summed E-state index contributed by atoms with van der Waals surface area (Å²) in [4.78, 5) is 13.8. The summed E-state index contributed by atoms with van der Waals surface area (Å²) in [6, 6.07) is 9.47. The van der Waals surface area contributed by atoms with Gasteiger partial charge in [0.1, 0.15) is 0 Å². The topological polar surface area (TPSA) is 81.1 Å². The number of nitrogen functional groups attached to an aromatic ring is 1. The second-order valence-corrected chi connectivity index (χ2v) is 5.46. The number of thiophene rings is 1. The number of para-hydroxylation sites is 1. The molecular weight excluding hydrogens is 258 g/mol. The number of aryl methyl sites for hydroxylation is 1. The monoisotopic (exact) mass is 275 g/mol. The Kier molecular flexibility index (Phi) is 4.06. The first-order valence-electron chi connectivity index (χ1n) is 6.11. The van der Waals surface area contributed by atoms with Gasteiger partial charge in [0.05, 0.1) is 16.9 Å². The molecule has 1 aromatic heterocycles. The van der Waals surface area contributed by atoms with Crippen LogP contribution in [0.15, 0.2) is 30.3 Å². The molecule has 4 nitrogen and oxygen atoms in total. The average molecular weight is 275 g/mol. The van der Waals surface area contributed by atoms with Gasteiger partial charge in [-0.2, -0.15) is 0 Å². The van der Waals surface area contributed by atoms with E-state index in [-0.39, 0.29) is 0 Å². The van der Waals surface area contributed by atoms with Crippen molar-refractivity contribution >= 4 is 28.6 Å². The SMILES string of the molecule is CCc1ccc(CNc2cccc(C(N)=O)c2N)s1. The fourth-order valence-electron chi connectivity index (χ4n) is 1.82. The number of hydrogen-bond donors (Lipinski definition) is 3. The molecule has 5 heteroatoms. The van der Waals surface area contributed by atoms with Crippen LogP contribution in [0.5, 0.6) is 0 Å². The summed E-state index contributed by atoms with van der Waals surface area (Å²) in [6.07, 6.45) is 1.05. The molecule has 0 saturated carbocycles. The lowest BCUT2D eigenvalue weighted by molar-refractivity contribution is 0.100. The minimum Gasteiger partial charge on any atom is -0.396 e. The molecule has 0 fully saturated rings. The van der Waals surface area contributed by atoms with Crippen LogP contribution in [0.3, 0.4) is 0 Å². The summed E-state index contributed by atoms with van der Waals surface area (Å²) < 4.78 is 0. The average Bonchev–Trinajstić information content (AvgIpc) is 2.85. The number of carbonyl (C=O) groups is 1. The Morgan fingerprint density at radius 1 is 1.26 bits per heavy atom. The van der Waals surface area contributed by atoms with Crippen LogP contribution in [0.1, 0.15) is 27.0 Å². The number of amides is 1. The van der Waals surface area contributed by atoms with Gasteiger partial charge in [-0.1, -0.05) is 13.0 Å². The Labute approximate surface area is 116 Å². The Morgan fingerprint density at radius 2 is 2.00 bits per heavy atom. The Balaban J connectivity index is 2.11. The van der Waals surface area contributed by atoms with Crippen LogP contribution in [0, 0.1) is 0 Å². The summed E-state index contributed by atoms with van der Waals surface area (Å²) in [6.45, 7) is 2.83. The molecule has 0 aliphatic carbocycles. The minimum absolute atomic E-state index is 0.352. The number of anilines is 2. The van der Waals surface area contributed by atoms with Crippen LogP contribution in [-0.2, 0) is 13.0 Å². The second kappa shape index (κ2) is 5.75. The van der Waals surface area contributed by atoms with Crippen molar-refractivity contribution in [2.24, 2.45) is 5.73 Å². The van der Waals surface area contributed by atoms with E-state index in [2.05, 4.69) is 24.4 Å². The molecule has 0 atom stereocenters. The van der Waals surface area contributed by atoms with E-state index in [0.29, 0.717) is 17.8 Å². The molecule has 1 aromatic carbocycles. The first-order chi connectivity index (χ1) is 9.11. The Bertz CT molecular complexity index is 592. The highest BCUT2D eigenvalue weighted by atomic mass is 32.1. The lowest BCUT2D eigenvalue weighted by Gasteiger charge is -2.10. The van der Waals surface area contributed by atoms with Gasteiger partial charge in [-0.15, -0.1) is 11.3 Å². The van der Waals surface area contributed by atoms with Crippen molar-refractivity contribution in [3.05, 3.63) is 45.6 Å². The van der Waals surface area contributed by atoms with Crippen LogP contribution in [0.2, 0.25) is 0 Å². The number of carbonyl (C=O) groups excluding carboxylic acids is 1.